The quantitative estimate of drug-likeness (QED) is 0.688. The molecule has 2 heterocycles. The minimum absolute atomic E-state index is 0.0336. The van der Waals surface area contributed by atoms with Gasteiger partial charge in [-0.2, -0.15) is 0 Å². The topological polar surface area (TPSA) is 64.2 Å². The maximum absolute atomic E-state index is 12.8. The first-order valence-corrected chi connectivity index (χ1v) is 10.7. The molecular weight excluding hydrogens is 392 g/mol. The molecule has 0 bridgehead atoms. The molecule has 162 valence electrons. The number of piperazine rings is 2. The molecule has 0 atom stereocenters. The van der Waals surface area contributed by atoms with Crippen LogP contribution in [0.15, 0.2) is 54.6 Å². The number of carbonyl (C=O) groups is 3. The lowest BCUT2D eigenvalue weighted by atomic mass is 10.1. The van der Waals surface area contributed by atoms with E-state index < -0.39 is 11.8 Å². The Hall–Kier alpha value is -3.35. The number of amides is 3. The monoisotopic (exact) mass is 420 g/mol. The lowest BCUT2D eigenvalue weighted by Gasteiger charge is -2.38. The van der Waals surface area contributed by atoms with Crippen molar-refractivity contribution in [1.29, 1.82) is 0 Å². The Morgan fingerprint density at radius 3 is 2.10 bits per heavy atom. The van der Waals surface area contributed by atoms with Gasteiger partial charge >= 0.3 is 11.8 Å². The first-order chi connectivity index (χ1) is 15.0. The molecule has 0 spiro atoms. The van der Waals surface area contributed by atoms with Gasteiger partial charge in [0.25, 0.3) is 0 Å². The molecule has 3 amide bonds. The molecule has 2 fully saturated rings. The molecule has 0 N–H and O–H groups in total. The van der Waals surface area contributed by atoms with E-state index in [1.54, 1.807) is 9.80 Å². The summed E-state index contributed by atoms with van der Waals surface area (Å²) >= 11 is 0. The van der Waals surface area contributed by atoms with Gasteiger partial charge in [0, 0.05) is 51.5 Å². The van der Waals surface area contributed by atoms with Crippen LogP contribution in [-0.4, -0.2) is 78.2 Å². The summed E-state index contributed by atoms with van der Waals surface area (Å²) in [4.78, 5) is 45.0. The fraction of sp³-hybridized carbons (Fsp3) is 0.375. The molecule has 2 aromatic rings. The van der Waals surface area contributed by atoms with Crippen LogP contribution in [0, 0.1) is 6.92 Å². The standard InChI is InChI=1S/C24H28N4O3/c1-19-7-5-6-8-20(19)17-27-15-16-28(24(31)23(27)30)18-22(29)26-13-11-25(12-14-26)21-9-3-2-4-10-21/h2-10H,11-18H2,1H3. The molecule has 0 saturated carbocycles. The SMILES string of the molecule is Cc1ccccc1CN1CCN(CC(=O)N2CCN(c3ccccc3)CC2)C(=O)C1=O. The molecular formula is C24H28N4O3. The highest BCUT2D eigenvalue weighted by Gasteiger charge is 2.34. The van der Waals surface area contributed by atoms with Crippen LogP contribution in [0.25, 0.3) is 0 Å². The van der Waals surface area contributed by atoms with Gasteiger partial charge in [0.05, 0.1) is 0 Å². The van der Waals surface area contributed by atoms with Gasteiger partial charge in [0.1, 0.15) is 6.54 Å². The smallest absolute Gasteiger partial charge is 0.312 e. The highest BCUT2D eigenvalue weighted by Crippen LogP contribution is 2.17. The Labute approximate surface area is 182 Å². The zero-order valence-electron chi connectivity index (χ0n) is 17.9. The second-order valence-electron chi connectivity index (χ2n) is 8.08. The van der Waals surface area contributed by atoms with Crippen molar-refractivity contribution in [2.45, 2.75) is 13.5 Å². The lowest BCUT2D eigenvalue weighted by Crippen LogP contribution is -2.57. The van der Waals surface area contributed by atoms with E-state index in [0.29, 0.717) is 32.7 Å². The van der Waals surface area contributed by atoms with Crippen molar-refractivity contribution in [3.63, 3.8) is 0 Å². The van der Waals surface area contributed by atoms with Gasteiger partial charge in [-0.25, -0.2) is 0 Å². The fourth-order valence-corrected chi connectivity index (χ4v) is 4.13. The Bertz CT molecular complexity index is 954. The number of aryl methyl sites for hydroxylation is 1. The average molecular weight is 421 g/mol. The van der Waals surface area contributed by atoms with Crippen molar-refractivity contribution < 1.29 is 14.4 Å². The number of hydrogen-bond donors (Lipinski definition) is 0. The zero-order chi connectivity index (χ0) is 21.8. The molecule has 7 nitrogen and oxygen atoms in total. The van der Waals surface area contributed by atoms with Gasteiger partial charge in [-0.05, 0) is 30.2 Å². The number of anilines is 1. The molecule has 2 saturated heterocycles. The van der Waals surface area contributed by atoms with Crippen LogP contribution in [0.2, 0.25) is 0 Å². The van der Waals surface area contributed by atoms with Crippen molar-refractivity contribution >= 4 is 23.4 Å². The van der Waals surface area contributed by atoms with Gasteiger partial charge in [0.2, 0.25) is 5.91 Å². The van der Waals surface area contributed by atoms with Gasteiger partial charge in [-0.1, -0.05) is 42.5 Å². The molecule has 7 heteroatoms. The molecule has 0 aromatic heterocycles. The lowest BCUT2D eigenvalue weighted by molar-refractivity contribution is -0.158. The van der Waals surface area contributed by atoms with Gasteiger partial charge in [-0.3, -0.25) is 14.4 Å². The molecule has 31 heavy (non-hydrogen) atoms. The number of hydrogen-bond acceptors (Lipinski definition) is 4. The van der Waals surface area contributed by atoms with E-state index in [-0.39, 0.29) is 12.5 Å². The summed E-state index contributed by atoms with van der Waals surface area (Å²) in [6.45, 7) is 5.94. The average Bonchev–Trinajstić information content (AvgIpc) is 2.81. The fourth-order valence-electron chi connectivity index (χ4n) is 4.13. The van der Waals surface area contributed by atoms with Crippen LogP contribution in [0.5, 0.6) is 0 Å². The summed E-state index contributed by atoms with van der Waals surface area (Å²) in [7, 11) is 0. The predicted octanol–water partition coefficient (Wildman–Crippen LogP) is 1.51. The summed E-state index contributed by atoms with van der Waals surface area (Å²) in [6, 6.07) is 18.0. The molecule has 4 rings (SSSR count). The van der Waals surface area contributed by atoms with Gasteiger partial charge < -0.3 is 19.6 Å². The van der Waals surface area contributed by atoms with E-state index in [1.165, 1.54) is 4.90 Å². The number of nitrogens with zero attached hydrogens (tertiary/aromatic N) is 4. The Balaban J connectivity index is 1.29. The molecule has 0 radical (unpaired) electrons. The summed E-state index contributed by atoms with van der Waals surface area (Å²) in [5.41, 5.74) is 3.28. The highest BCUT2D eigenvalue weighted by atomic mass is 16.2. The third-order valence-electron chi connectivity index (χ3n) is 6.10. The molecule has 2 aliphatic heterocycles. The largest absolute Gasteiger partial charge is 0.368 e. The van der Waals surface area contributed by atoms with Gasteiger partial charge in [-0.15, -0.1) is 0 Å². The van der Waals surface area contributed by atoms with Crippen LogP contribution in [0.1, 0.15) is 11.1 Å². The number of carbonyl (C=O) groups excluding carboxylic acids is 3. The van der Waals surface area contributed by atoms with Crippen molar-refractivity contribution in [3.8, 4) is 0 Å². The highest BCUT2D eigenvalue weighted by molar-refractivity contribution is 6.35. The molecule has 0 unspecified atom stereocenters. The third-order valence-corrected chi connectivity index (χ3v) is 6.10. The Morgan fingerprint density at radius 1 is 0.774 bits per heavy atom. The summed E-state index contributed by atoms with van der Waals surface area (Å²) < 4.78 is 0. The maximum Gasteiger partial charge on any atom is 0.312 e. The third kappa shape index (κ3) is 4.71. The van der Waals surface area contributed by atoms with Crippen LogP contribution >= 0.6 is 0 Å². The van der Waals surface area contributed by atoms with Crippen molar-refractivity contribution in [2.24, 2.45) is 0 Å². The minimum atomic E-state index is -0.587. The predicted molar refractivity (Wildman–Crippen MR) is 118 cm³/mol. The Kier molecular flexibility index (Phi) is 6.21. The number of rotatable bonds is 5. The normalized spacial score (nSPS) is 17.3. The number of benzene rings is 2. The van der Waals surface area contributed by atoms with Crippen LogP contribution in [0.3, 0.4) is 0 Å². The van der Waals surface area contributed by atoms with Crippen LogP contribution in [0.4, 0.5) is 5.69 Å². The van der Waals surface area contributed by atoms with E-state index in [0.717, 1.165) is 29.9 Å². The summed E-state index contributed by atoms with van der Waals surface area (Å²) in [6.07, 6.45) is 0. The number of para-hydroxylation sites is 1. The van der Waals surface area contributed by atoms with Crippen LogP contribution in [-0.2, 0) is 20.9 Å². The molecule has 0 aliphatic carbocycles. The van der Waals surface area contributed by atoms with Crippen molar-refractivity contribution in [1.82, 2.24) is 14.7 Å². The van der Waals surface area contributed by atoms with Crippen molar-refractivity contribution in [3.05, 3.63) is 65.7 Å². The molecule has 2 aromatic carbocycles. The first kappa shape index (κ1) is 20.9. The Morgan fingerprint density at radius 2 is 1.39 bits per heavy atom. The van der Waals surface area contributed by atoms with E-state index in [4.69, 9.17) is 0 Å². The van der Waals surface area contributed by atoms with E-state index in [1.807, 2.05) is 49.4 Å². The summed E-state index contributed by atoms with van der Waals surface area (Å²) in [5.74, 6) is -1.21. The van der Waals surface area contributed by atoms with E-state index >= 15 is 0 Å². The molecule has 2 aliphatic rings. The minimum Gasteiger partial charge on any atom is -0.368 e. The van der Waals surface area contributed by atoms with E-state index in [2.05, 4.69) is 17.0 Å². The zero-order valence-corrected chi connectivity index (χ0v) is 17.9. The second-order valence-corrected chi connectivity index (χ2v) is 8.08. The second kappa shape index (κ2) is 9.20. The van der Waals surface area contributed by atoms with Crippen LogP contribution < -0.4 is 4.90 Å². The summed E-state index contributed by atoms with van der Waals surface area (Å²) in [5, 5.41) is 0. The van der Waals surface area contributed by atoms with Crippen molar-refractivity contribution in [2.75, 3.05) is 50.7 Å². The van der Waals surface area contributed by atoms with E-state index in [9.17, 15) is 14.4 Å². The maximum atomic E-state index is 12.8. The van der Waals surface area contributed by atoms with Gasteiger partial charge in [0.15, 0.2) is 0 Å². The first-order valence-electron chi connectivity index (χ1n) is 10.7.